The van der Waals surface area contributed by atoms with Crippen molar-refractivity contribution in [1.29, 1.82) is 0 Å². The highest BCUT2D eigenvalue weighted by atomic mass is 32.2. The first-order chi connectivity index (χ1) is 12.7. The maximum absolute atomic E-state index is 12.1. The molecule has 0 saturated carbocycles. The molecule has 10 heteroatoms. The summed E-state index contributed by atoms with van der Waals surface area (Å²) in [7, 11) is -3.91. The molecular formula is C18H20N4O4S2. The number of carbonyl (C=O) groups excluding carboxylic acids is 1. The molecule has 0 aliphatic rings. The Morgan fingerprint density at radius 2 is 1.89 bits per heavy atom. The number of nitrogens with zero attached hydrogens (tertiary/aromatic N) is 2. The number of hydrogen-bond donors (Lipinski definition) is 2. The minimum Gasteiger partial charge on any atom is -0.412 e. The van der Waals surface area contributed by atoms with Crippen LogP contribution in [-0.4, -0.2) is 29.8 Å². The van der Waals surface area contributed by atoms with Crippen LogP contribution in [-0.2, 0) is 14.8 Å². The smallest absolute Gasteiger partial charge is 0.249 e. The standard InChI is InChI=1S/C18H18N4O3S2.H2O/c1-10-9-12(6-7-13(10)14-5-3-4-8-21-14)15(16(19)23)17-22-11(2)18(26-17)27(20,24)25;/h3-9,15H,1-2H3,(H2,19,23)(H2,20,24,25);1H2. The molecule has 8 nitrogen and oxygen atoms in total. The Labute approximate surface area is 166 Å². The van der Waals surface area contributed by atoms with E-state index in [1.54, 1.807) is 12.3 Å². The molecular weight excluding hydrogens is 400 g/mol. The fourth-order valence-corrected chi connectivity index (χ4v) is 5.01. The van der Waals surface area contributed by atoms with Crippen LogP contribution in [0.25, 0.3) is 11.3 Å². The Kier molecular flexibility index (Phi) is 6.30. The first kappa shape index (κ1) is 21.6. The number of amides is 1. The van der Waals surface area contributed by atoms with Crippen LogP contribution in [0.15, 0.2) is 46.8 Å². The molecule has 0 spiro atoms. The van der Waals surface area contributed by atoms with E-state index in [0.29, 0.717) is 10.6 Å². The number of carbonyl (C=O) groups is 1. The van der Waals surface area contributed by atoms with Gasteiger partial charge in [0.15, 0.2) is 4.21 Å². The molecule has 28 heavy (non-hydrogen) atoms. The molecule has 0 saturated heterocycles. The third-order valence-electron chi connectivity index (χ3n) is 4.09. The summed E-state index contributed by atoms with van der Waals surface area (Å²) in [6.45, 7) is 3.45. The Bertz CT molecular complexity index is 1110. The summed E-state index contributed by atoms with van der Waals surface area (Å²) >= 11 is 0.867. The lowest BCUT2D eigenvalue weighted by atomic mass is 9.94. The number of sulfonamides is 1. The zero-order chi connectivity index (χ0) is 19.8. The Morgan fingerprint density at radius 1 is 1.18 bits per heavy atom. The van der Waals surface area contributed by atoms with Crippen molar-refractivity contribution in [2.75, 3.05) is 0 Å². The Morgan fingerprint density at radius 3 is 2.39 bits per heavy atom. The summed E-state index contributed by atoms with van der Waals surface area (Å²) in [6.07, 6.45) is 1.71. The number of benzene rings is 1. The lowest BCUT2D eigenvalue weighted by Crippen LogP contribution is -2.22. The quantitative estimate of drug-likeness (QED) is 0.634. The molecule has 1 unspecified atom stereocenters. The second kappa shape index (κ2) is 8.15. The highest BCUT2D eigenvalue weighted by molar-refractivity contribution is 7.91. The lowest BCUT2D eigenvalue weighted by molar-refractivity contribution is -0.118. The van der Waals surface area contributed by atoms with Crippen molar-refractivity contribution in [2.24, 2.45) is 10.9 Å². The molecule has 2 heterocycles. The number of nitrogens with two attached hydrogens (primary N) is 2. The second-order valence-electron chi connectivity index (χ2n) is 6.09. The van der Waals surface area contributed by atoms with Crippen LogP contribution in [0.3, 0.4) is 0 Å². The number of pyridine rings is 1. The van der Waals surface area contributed by atoms with Crippen molar-refractivity contribution in [3.63, 3.8) is 0 Å². The normalized spacial score (nSPS) is 12.2. The van der Waals surface area contributed by atoms with Gasteiger partial charge < -0.3 is 11.2 Å². The van der Waals surface area contributed by atoms with E-state index in [2.05, 4.69) is 9.97 Å². The highest BCUT2D eigenvalue weighted by Gasteiger charge is 2.28. The Balaban J connectivity index is 0.00000280. The monoisotopic (exact) mass is 420 g/mol. The lowest BCUT2D eigenvalue weighted by Gasteiger charge is -2.14. The van der Waals surface area contributed by atoms with Crippen molar-refractivity contribution in [2.45, 2.75) is 24.0 Å². The summed E-state index contributed by atoms with van der Waals surface area (Å²) in [4.78, 5) is 20.7. The van der Waals surface area contributed by atoms with E-state index in [1.165, 1.54) is 6.92 Å². The third-order valence-corrected chi connectivity index (χ3v) is 6.86. The molecule has 3 rings (SSSR count). The van der Waals surface area contributed by atoms with Gasteiger partial charge in [-0.05, 0) is 37.1 Å². The average Bonchev–Trinajstić information content (AvgIpc) is 2.97. The van der Waals surface area contributed by atoms with Crippen LogP contribution in [0.2, 0.25) is 0 Å². The van der Waals surface area contributed by atoms with Crippen LogP contribution >= 0.6 is 11.3 Å². The molecule has 0 aliphatic heterocycles. The van der Waals surface area contributed by atoms with E-state index < -0.39 is 21.8 Å². The van der Waals surface area contributed by atoms with Gasteiger partial charge in [-0.1, -0.05) is 24.3 Å². The largest absolute Gasteiger partial charge is 0.412 e. The molecule has 0 radical (unpaired) electrons. The predicted molar refractivity (Wildman–Crippen MR) is 107 cm³/mol. The first-order valence-corrected chi connectivity index (χ1v) is 10.4. The van der Waals surface area contributed by atoms with Crippen LogP contribution in [0, 0.1) is 13.8 Å². The molecule has 1 aromatic carbocycles. The van der Waals surface area contributed by atoms with Gasteiger partial charge in [0, 0.05) is 11.8 Å². The fraction of sp³-hybridized carbons (Fsp3) is 0.167. The zero-order valence-corrected chi connectivity index (χ0v) is 16.8. The topological polar surface area (TPSA) is 161 Å². The van der Waals surface area contributed by atoms with Crippen molar-refractivity contribution >= 4 is 27.3 Å². The van der Waals surface area contributed by atoms with Gasteiger partial charge in [-0.15, -0.1) is 11.3 Å². The van der Waals surface area contributed by atoms with Crippen LogP contribution in [0.1, 0.15) is 27.7 Å². The van der Waals surface area contributed by atoms with Crippen LogP contribution in [0.4, 0.5) is 0 Å². The molecule has 1 atom stereocenters. The molecule has 148 valence electrons. The zero-order valence-electron chi connectivity index (χ0n) is 15.2. The van der Waals surface area contributed by atoms with Crippen molar-refractivity contribution in [1.82, 2.24) is 9.97 Å². The minimum atomic E-state index is -3.91. The number of primary amides is 1. The average molecular weight is 421 g/mol. The number of rotatable bonds is 5. The van der Waals surface area contributed by atoms with Gasteiger partial charge in [-0.25, -0.2) is 18.5 Å². The number of hydrogen-bond acceptors (Lipinski definition) is 6. The Hall–Kier alpha value is -2.66. The minimum absolute atomic E-state index is 0. The van der Waals surface area contributed by atoms with E-state index in [-0.39, 0.29) is 15.4 Å². The second-order valence-corrected chi connectivity index (χ2v) is 8.88. The van der Waals surface area contributed by atoms with E-state index in [0.717, 1.165) is 28.2 Å². The predicted octanol–water partition coefficient (Wildman–Crippen LogP) is 1.26. The van der Waals surface area contributed by atoms with Gasteiger partial charge in [-0.3, -0.25) is 9.78 Å². The van der Waals surface area contributed by atoms with Crippen molar-refractivity contribution in [3.05, 3.63) is 64.4 Å². The van der Waals surface area contributed by atoms with Crippen LogP contribution < -0.4 is 10.9 Å². The number of thiazole rings is 1. The van der Waals surface area contributed by atoms with E-state index >= 15 is 0 Å². The highest BCUT2D eigenvalue weighted by Crippen LogP contribution is 2.34. The summed E-state index contributed by atoms with van der Waals surface area (Å²) in [6, 6.07) is 11.1. The molecule has 6 N–H and O–H groups in total. The van der Waals surface area contributed by atoms with Gasteiger partial charge in [0.05, 0.1) is 11.4 Å². The van der Waals surface area contributed by atoms with Gasteiger partial charge >= 0.3 is 0 Å². The summed E-state index contributed by atoms with van der Waals surface area (Å²) in [5, 5.41) is 5.51. The van der Waals surface area contributed by atoms with Gasteiger partial charge in [0.2, 0.25) is 15.9 Å². The van der Waals surface area contributed by atoms with Gasteiger partial charge in [-0.2, -0.15) is 0 Å². The molecule has 0 aliphatic carbocycles. The summed E-state index contributed by atoms with van der Waals surface area (Å²) in [5.41, 5.74) is 9.16. The summed E-state index contributed by atoms with van der Waals surface area (Å²) in [5.74, 6) is -1.48. The van der Waals surface area contributed by atoms with E-state index in [1.807, 2.05) is 37.3 Å². The fourth-order valence-electron chi connectivity index (χ4n) is 2.89. The maximum Gasteiger partial charge on any atom is 0.249 e. The van der Waals surface area contributed by atoms with Gasteiger partial charge in [0.1, 0.15) is 10.9 Å². The molecule has 2 aromatic heterocycles. The molecule has 1 amide bonds. The molecule has 3 aromatic rings. The summed E-state index contributed by atoms with van der Waals surface area (Å²) < 4.78 is 23.3. The number of aryl methyl sites for hydroxylation is 2. The number of aromatic nitrogens is 2. The van der Waals surface area contributed by atoms with Gasteiger partial charge in [0.25, 0.3) is 0 Å². The van der Waals surface area contributed by atoms with E-state index in [4.69, 9.17) is 10.9 Å². The SMILES string of the molecule is Cc1cc(C(C(N)=O)c2nc(C)c(S(N)(=O)=O)s2)ccc1-c1ccccn1.O. The number of primary sulfonamides is 1. The maximum atomic E-state index is 12.1. The first-order valence-electron chi connectivity index (χ1n) is 8.00. The van der Waals surface area contributed by atoms with Crippen LogP contribution in [0.5, 0.6) is 0 Å². The van der Waals surface area contributed by atoms with Crippen molar-refractivity contribution in [3.8, 4) is 11.3 Å². The third kappa shape index (κ3) is 4.25. The molecule has 0 fully saturated rings. The van der Waals surface area contributed by atoms with Crippen molar-refractivity contribution < 1.29 is 18.7 Å². The molecule has 0 bridgehead atoms. The van der Waals surface area contributed by atoms with E-state index in [9.17, 15) is 13.2 Å².